The molecule has 2 N–H and O–H groups in total. The summed E-state index contributed by atoms with van der Waals surface area (Å²) in [7, 11) is 1.75. The summed E-state index contributed by atoms with van der Waals surface area (Å²) in [5.41, 5.74) is 1.28. The molecule has 0 unspecified atom stereocenters. The lowest BCUT2D eigenvalue weighted by Crippen LogP contribution is -2.49. The van der Waals surface area contributed by atoms with E-state index >= 15 is 0 Å². The summed E-state index contributed by atoms with van der Waals surface area (Å²) in [6.45, 7) is 7.88. The molecule has 1 aromatic rings. The first kappa shape index (κ1) is 27.6. The molecule has 0 atom stereocenters. The quantitative estimate of drug-likeness (QED) is 0.255. The van der Waals surface area contributed by atoms with Crippen LogP contribution >= 0.6 is 24.0 Å². The van der Waals surface area contributed by atoms with Gasteiger partial charge in [0.2, 0.25) is 5.91 Å². The third kappa shape index (κ3) is 8.27. The number of benzene rings is 1. The number of anilines is 1. The highest BCUT2D eigenvalue weighted by Crippen LogP contribution is 2.44. The second kappa shape index (κ2) is 13.9. The topological polar surface area (TPSA) is 69.2 Å². The van der Waals surface area contributed by atoms with E-state index in [1.807, 2.05) is 11.8 Å². The number of halogens is 2. The number of amides is 1. The molecule has 1 heterocycles. The van der Waals surface area contributed by atoms with E-state index < -0.39 is 0 Å². The van der Waals surface area contributed by atoms with Crippen LogP contribution in [0.25, 0.3) is 0 Å². The van der Waals surface area contributed by atoms with Crippen LogP contribution in [0, 0.1) is 11.2 Å². The summed E-state index contributed by atoms with van der Waals surface area (Å²) >= 11 is 0. The Balaban J connectivity index is 0.00000385. The lowest BCUT2D eigenvalue weighted by molar-refractivity contribution is -0.131. The maximum absolute atomic E-state index is 13.1. The number of aliphatic imine (C=N–C) groups is 1. The zero-order chi connectivity index (χ0) is 22.8. The lowest BCUT2D eigenvalue weighted by atomic mass is 9.67. The molecule has 1 saturated heterocycles. The van der Waals surface area contributed by atoms with Crippen molar-refractivity contribution < 1.29 is 13.9 Å². The van der Waals surface area contributed by atoms with Gasteiger partial charge in [-0.2, -0.15) is 0 Å². The molecule has 7 nitrogen and oxygen atoms in total. The minimum absolute atomic E-state index is 0. The normalized spacial score (nSPS) is 17.7. The van der Waals surface area contributed by atoms with Crippen molar-refractivity contribution in [2.75, 3.05) is 64.4 Å². The van der Waals surface area contributed by atoms with Crippen molar-refractivity contribution in [3.05, 3.63) is 30.1 Å². The highest BCUT2D eigenvalue weighted by Gasteiger charge is 2.36. The average molecular weight is 576 g/mol. The number of carbonyl (C=O) groups is 1. The summed E-state index contributed by atoms with van der Waals surface area (Å²) < 4.78 is 18.4. The van der Waals surface area contributed by atoms with Crippen LogP contribution in [-0.4, -0.2) is 76.3 Å². The fourth-order valence-electron chi connectivity index (χ4n) is 4.38. The summed E-state index contributed by atoms with van der Waals surface area (Å²) in [6.07, 6.45) is 5.18. The Hall–Kier alpha value is -1.62. The number of ether oxygens (including phenoxy) is 1. The monoisotopic (exact) mass is 575 g/mol. The molecule has 2 fully saturated rings. The van der Waals surface area contributed by atoms with Gasteiger partial charge in [0.15, 0.2) is 5.96 Å². The average Bonchev–Trinajstić information content (AvgIpc) is 2.78. The number of methoxy groups -OCH3 is 1. The molecule has 0 aromatic heterocycles. The highest BCUT2D eigenvalue weighted by molar-refractivity contribution is 14.0. The van der Waals surface area contributed by atoms with Crippen molar-refractivity contribution in [3.63, 3.8) is 0 Å². The predicted octanol–water partition coefficient (Wildman–Crippen LogP) is 3.24. The Morgan fingerprint density at radius 2 is 1.85 bits per heavy atom. The Labute approximate surface area is 214 Å². The zero-order valence-electron chi connectivity index (χ0n) is 19.9. The Kier molecular flexibility index (Phi) is 11.7. The largest absolute Gasteiger partial charge is 0.385 e. The smallest absolute Gasteiger partial charge is 0.224 e. The van der Waals surface area contributed by atoms with Crippen LogP contribution in [0.2, 0.25) is 0 Å². The SMILES string of the molecule is CCNC(=NCC1(CCOC)CCC1)NCCC(=O)N1CCN(c2ccc(F)cc2)CC1.I. The second-order valence-electron chi connectivity index (χ2n) is 8.81. The Bertz CT molecular complexity index is 750. The molecular weight excluding hydrogens is 536 g/mol. The summed E-state index contributed by atoms with van der Waals surface area (Å²) in [6, 6.07) is 6.54. The predicted molar refractivity (Wildman–Crippen MR) is 142 cm³/mol. The van der Waals surface area contributed by atoms with Crippen molar-refractivity contribution in [1.82, 2.24) is 15.5 Å². The number of hydrogen-bond donors (Lipinski definition) is 2. The van der Waals surface area contributed by atoms with E-state index in [9.17, 15) is 9.18 Å². The van der Waals surface area contributed by atoms with E-state index in [1.165, 1.54) is 31.4 Å². The fourth-order valence-corrected chi connectivity index (χ4v) is 4.38. The van der Waals surface area contributed by atoms with Crippen LogP contribution in [0.4, 0.5) is 10.1 Å². The van der Waals surface area contributed by atoms with Gasteiger partial charge in [0.05, 0.1) is 0 Å². The van der Waals surface area contributed by atoms with Gasteiger partial charge in [-0.25, -0.2) is 4.39 Å². The molecule has 1 aromatic carbocycles. The third-order valence-corrected chi connectivity index (χ3v) is 6.62. The van der Waals surface area contributed by atoms with Gasteiger partial charge >= 0.3 is 0 Å². The maximum Gasteiger partial charge on any atom is 0.224 e. The Morgan fingerprint density at radius 1 is 1.15 bits per heavy atom. The van der Waals surface area contributed by atoms with Crippen molar-refractivity contribution >= 4 is 41.5 Å². The molecule has 33 heavy (non-hydrogen) atoms. The minimum Gasteiger partial charge on any atom is -0.385 e. The van der Waals surface area contributed by atoms with Crippen molar-refractivity contribution in [3.8, 4) is 0 Å². The van der Waals surface area contributed by atoms with Gasteiger partial charge < -0.3 is 25.2 Å². The Morgan fingerprint density at radius 3 is 2.42 bits per heavy atom. The van der Waals surface area contributed by atoms with Crippen molar-refractivity contribution in [2.24, 2.45) is 10.4 Å². The third-order valence-electron chi connectivity index (χ3n) is 6.62. The van der Waals surface area contributed by atoms with Crippen LogP contribution in [0.1, 0.15) is 39.0 Å². The molecule has 9 heteroatoms. The highest BCUT2D eigenvalue weighted by atomic mass is 127. The van der Waals surface area contributed by atoms with E-state index in [4.69, 9.17) is 9.73 Å². The van der Waals surface area contributed by atoms with E-state index in [1.54, 1.807) is 19.2 Å². The molecule has 186 valence electrons. The second-order valence-corrected chi connectivity index (χ2v) is 8.81. The zero-order valence-corrected chi connectivity index (χ0v) is 22.3. The van der Waals surface area contributed by atoms with Gasteiger partial charge in [-0.3, -0.25) is 9.79 Å². The first-order valence-electron chi connectivity index (χ1n) is 11.8. The van der Waals surface area contributed by atoms with E-state index in [0.29, 0.717) is 26.1 Å². The van der Waals surface area contributed by atoms with Crippen LogP contribution in [0.3, 0.4) is 0 Å². The first-order chi connectivity index (χ1) is 15.5. The number of hydrogen-bond acceptors (Lipinski definition) is 4. The molecule has 1 saturated carbocycles. The fraction of sp³-hybridized carbons (Fsp3) is 0.667. The van der Waals surface area contributed by atoms with Crippen LogP contribution in [0.5, 0.6) is 0 Å². The molecule has 0 bridgehead atoms. The maximum atomic E-state index is 13.1. The summed E-state index contributed by atoms with van der Waals surface area (Å²) in [5.74, 6) is 0.709. The number of nitrogens with one attached hydrogen (secondary N) is 2. The van der Waals surface area contributed by atoms with Gasteiger partial charge in [-0.15, -0.1) is 24.0 Å². The number of piperazine rings is 1. The summed E-state index contributed by atoms with van der Waals surface area (Å²) in [5, 5.41) is 6.61. The first-order valence-corrected chi connectivity index (χ1v) is 11.8. The molecule has 3 rings (SSSR count). The van der Waals surface area contributed by atoms with Crippen LogP contribution in [0.15, 0.2) is 29.3 Å². The van der Waals surface area contributed by atoms with E-state index in [2.05, 4.69) is 15.5 Å². The van der Waals surface area contributed by atoms with E-state index in [-0.39, 0.29) is 41.1 Å². The summed E-state index contributed by atoms with van der Waals surface area (Å²) in [4.78, 5) is 21.6. The van der Waals surface area contributed by atoms with Crippen molar-refractivity contribution in [2.45, 2.75) is 39.0 Å². The van der Waals surface area contributed by atoms with Crippen LogP contribution < -0.4 is 15.5 Å². The van der Waals surface area contributed by atoms with Gasteiger partial charge in [0, 0.05) is 71.6 Å². The molecule has 2 aliphatic rings. The van der Waals surface area contributed by atoms with Gasteiger partial charge in [-0.05, 0) is 55.9 Å². The van der Waals surface area contributed by atoms with Gasteiger partial charge in [0.1, 0.15) is 5.82 Å². The lowest BCUT2D eigenvalue weighted by Gasteiger charge is -2.40. The van der Waals surface area contributed by atoms with Gasteiger partial charge in [-0.1, -0.05) is 6.42 Å². The molecule has 1 amide bonds. The number of rotatable bonds is 10. The number of nitrogens with zero attached hydrogens (tertiary/aromatic N) is 3. The number of guanidine groups is 1. The molecule has 0 spiro atoms. The van der Waals surface area contributed by atoms with Crippen molar-refractivity contribution in [1.29, 1.82) is 0 Å². The molecule has 0 radical (unpaired) electrons. The van der Waals surface area contributed by atoms with E-state index in [0.717, 1.165) is 50.9 Å². The standard InChI is InChI=1S/C24H38FN5O2.HI/c1-3-26-23(28-19-24(10-4-11-24)12-18-32-2)27-13-9-22(31)30-16-14-29(15-17-30)21-7-5-20(25)6-8-21;/h5-8H,3-4,9-19H2,1-2H3,(H2,26,27,28);1H. The minimum atomic E-state index is -0.228. The molecular formula is C24H39FIN5O2. The molecule has 1 aliphatic carbocycles. The molecule has 1 aliphatic heterocycles. The van der Waals surface area contributed by atoms with Gasteiger partial charge in [0.25, 0.3) is 0 Å². The number of carbonyl (C=O) groups excluding carboxylic acids is 1. The van der Waals surface area contributed by atoms with Crippen LogP contribution in [-0.2, 0) is 9.53 Å².